The van der Waals surface area contributed by atoms with Crippen molar-refractivity contribution in [2.45, 2.75) is 45.2 Å². The molecule has 2 unspecified atom stereocenters. The monoisotopic (exact) mass is 440 g/mol. The van der Waals surface area contributed by atoms with Gasteiger partial charge in [-0.3, -0.25) is 14.3 Å². The first-order chi connectivity index (χ1) is 15.3. The molecule has 2 aliphatic rings. The predicted molar refractivity (Wildman–Crippen MR) is 120 cm³/mol. The molecule has 0 radical (unpaired) electrons. The summed E-state index contributed by atoms with van der Waals surface area (Å²) in [6, 6.07) is 6.00. The van der Waals surface area contributed by atoms with Crippen molar-refractivity contribution in [1.82, 2.24) is 9.55 Å². The summed E-state index contributed by atoms with van der Waals surface area (Å²) in [5.41, 5.74) is 7.57. The number of rotatable bonds is 4. The van der Waals surface area contributed by atoms with E-state index in [9.17, 15) is 14.0 Å². The number of halogens is 2. The quantitative estimate of drug-likeness (QED) is 0.651. The van der Waals surface area contributed by atoms with Gasteiger partial charge >= 0.3 is 5.69 Å². The van der Waals surface area contributed by atoms with Gasteiger partial charge < -0.3 is 10.6 Å². The molecule has 2 heterocycles. The zero-order valence-corrected chi connectivity index (χ0v) is 18.1. The van der Waals surface area contributed by atoms with E-state index in [1.54, 1.807) is 36.6 Å². The number of aryl methyl sites for hydroxylation is 2. The van der Waals surface area contributed by atoms with Crippen molar-refractivity contribution in [3.63, 3.8) is 0 Å². The molecule has 5 rings (SSSR count). The molecule has 1 saturated heterocycles. The number of hydrogen-bond acceptors (Lipinski definition) is 4. The molecule has 1 aromatic heterocycles. The minimum atomic E-state index is -0.561. The fourth-order valence-corrected chi connectivity index (χ4v) is 5.17. The average Bonchev–Trinajstić information content (AvgIpc) is 3.48. The summed E-state index contributed by atoms with van der Waals surface area (Å²) >= 11 is 0. The number of nitrogens with zero attached hydrogens (tertiary/aromatic N) is 2. The molecule has 1 aliphatic heterocycles. The highest BCUT2D eigenvalue weighted by molar-refractivity contribution is 5.90. The van der Waals surface area contributed by atoms with Crippen LogP contribution in [0.15, 0.2) is 33.9 Å². The number of aromatic amines is 1. The smallest absolute Gasteiger partial charge is 0.329 e. The van der Waals surface area contributed by atoms with E-state index in [-0.39, 0.29) is 28.7 Å². The SMILES string of the molecule is Cc1c(F)c(N2CCC(C(N)c3ccccc3F)C2)c(C)c2c1c(=O)[nH]c(=O)n2C1CC1. The lowest BCUT2D eigenvalue weighted by molar-refractivity contribution is 0.453. The lowest BCUT2D eigenvalue weighted by Crippen LogP contribution is -2.32. The van der Waals surface area contributed by atoms with Gasteiger partial charge in [0.05, 0.1) is 16.6 Å². The Morgan fingerprint density at radius 1 is 1.09 bits per heavy atom. The Balaban J connectivity index is 1.60. The third-order valence-electron chi connectivity index (χ3n) is 6.99. The van der Waals surface area contributed by atoms with Crippen molar-refractivity contribution < 1.29 is 8.78 Å². The van der Waals surface area contributed by atoms with Crippen LogP contribution in [0.5, 0.6) is 0 Å². The zero-order chi connectivity index (χ0) is 22.7. The van der Waals surface area contributed by atoms with E-state index >= 15 is 4.39 Å². The molecular weight excluding hydrogens is 414 g/mol. The first-order valence-corrected chi connectivity index (χ1v) is 11.0. The second kappa shape index (κ2) is 7.55. The molecule has 2 fully saturated rings. The summed E-state index contributed by atoms with van der Waals surface area (Å²) < 4.78 is 31.5. The Morgan fingerprint density at radius 2 is 1.81 bits per heavy atom. The van der Waals surface area contributed by atoms with Crippen LogP contribution in [0, 0.1) is 31.4 Å². The van der Waals surface area contributed by atoms with E-state index in [4.69, 9.17) is 5.73 Å². The molecule has 1 saturated carbocycles. The van der Waals surface area contributed by atoms with Crippen LogP contribution in [0.3, 0.4) is 0 Å². The molecule has 2 atom stereocenters. The molecule has 32 heavy (non-hydrogen) atoms. The van der Waals surface area contributed by atoms with Crippen molar-refractivity contribution in [3.8, 4) is 0 Å². The largest absolute Gasteiger partial charge is 0.369 e. The Morgan fingerprint density at radius 3 is 2.50 bits per heavy atom. The molecule has 168 valence electrons. The van der Waals surface area contributed by atoms with E-state index in [0.29, 0.717) is 41.8 Å². The summed E-state index contributed by atoms with van der Waals surface area (Å²) in [5.74, 6) is -0.844. The van der Waals surface area contributed by atoms with Crippen molar-refractivity contribution in [2.24, 2.45) is 11.7 Å². The van der Waals surface area contributed by atoms with Crippen LogP contribution >= 0.6 is 0 Å². The van der Waals surface area contributed by atoms with Crippen LogP contribution in [0.2, 0.25) is 0 Å². The van der Waals surface area contributed by atoms with E-state index in [1.165, 1.54) is 6.07 Å². The number of nitrogens with two attached hydrogens (primary N) is 1. The summed E-state index contributed by atoms with van der Waals surface area (Å²) in [7, 11) is 0. The van der Waals surface area contributed by atoms with Crippen LogP contribution in [0.25, 0.3) is 10.9 Å². The van der Waals surface area contributed by atoms with Crippen molar-refractivity contribution in [1.29, 1.82) is 0 Å². The maximum absolute atomic E-state index is 15.6. The van der Waals surface area contributed by atoms with Gasteiger partial charge in [-0.15, -0.1) is 0 Å². The van der Waals surface area contributed by atoms with Crippen LogP contribution < -0.4 is 21.9 Å². The van der Waals surface area contributed by atoms with Crippen molar-refractivity contribution in [3.05, 3.63) is 73.4 Å². The summed E-state index contributed by atoms with van der Waals surface area (Å²) in [5, 5.41) is 0.231. The van der Waals surface area contributed by atoms with Gasteiger partial charge in [0.25, 0.3) is 5.56 Å². The summed E-state index contributed by atoms with van der Waals surface area (Å²) in [6.45, 7) is 4.37. The average molecular weight is 440 g/mol. The van der Waals surface area contributed by atoms with Crippen LogP contribution in [0.4, 0.5) is 14.5 Å². The molecule has 0 spiro atoms. The molecule has 3 aromatic rings. The number of H-pyrrole nitrogens is 1. The third-order valence-corrected chi connectivity index (χ3v) is 6.99. The fourth-order valence-electron chi connectivity index (χ4n) is 5.17. The predicted octanol–water partition coefficient (Wildman–Crippen LogP) is 3.45. The first-order valence-electron chi connectivity index (χ1n) is 11.0. The van der Waals surface area contributed by atoms with Crippen molar-refractivity contribution >= 4 is 16.6 Å². The highest BCUT2D eigenvalue weighted by atomic mass is 19.1. The molecule has 2 aromatic carbocycles. The Bertz CT molecular complexity index is 1340. The second-order valence-electron chi connectivity index (χ2n) is 9.04. The van der Waals surface area contributed by atoms with Gasteiger partial charge in [0, 0.05) is 41.9 Å². The number of hydrogen-bond donors (Lipinski definition) is 2. The normalized spacial score (nSPS) is 19.7. The number of benzene rings is 2. The molecule has 8 heteroatoms. The number of anilines is 1. The lowest BCUT2D eigenvalue weighted by Gasteiger charge is -2.26. The minimum Gasteiger partial charge on any atom is -0.369 e. The van der Waals surface area contributed by atoms with Gasteiger partial charge in [-0.1, -0.05) is 18.2 Å². The molecule has 1 aliphatic carbocycles. The Kier molecular flexibility index (Phi) is 4.93. The maximum atomic E-state index is 15.6. The third kappa shape index (κ3) is 3.16. The highest BCUT2D eigenvalue weighted by Crippen LogP contribution is 2.41. The van der Waals surface area contributed by atoms with E-state index in [2.05, 4.69) is 4.98 Å². The topological polar surface area (TPSA) is 84.1 Å². The van der Waals surface area contributed by atoms with Crippen LogP contribution in [-0.2, 0) is 0 Å². The molecular formula is C24H26F2N4O2. The zero-order valence-electron chi connectivity index (χ0n) is 18.1. The highest BCUT2D eigenvalue weighted by Gasteiger charge is 2.34. The lowest BCUT2D eigenvalue weighted by atomic mass is 9.93. The number of aromatic nitrogens is 2. The van der Waals surface area contributed by atoms with Gasteiger partial charge in [-0.25, -0.2) is 13.6 Å². The maximum Gasteiger partial charge on any atom is 0.329 e. The Hall–Kier alpha value is -3.00. The van der Waals surface area contributed by atoms with Gasteiger partial charge in [0.2, 0.25) is 0 Å². The van der Waals surface area contributed by atoms with E-state index < -0.39 is 23.1 Å². The van der Waals surface area contributed by atoms with Crippen molar-refractivity contribution in [2.75, 3.05) is 18.0 Å². The first kappa shape index (κ1) is 20.9. The molecule has 0 amide bonds. The second-order valence-corrected chi connectivity index (χ2v) is 9.04. The van der Waals surface area contributed by atoms with Gasteiger partial charge in [0.1, 0.15) is 5.82 Å². The molecule has 3 N–H and O–H groups in total. The minimum absolute atomic E-state index is 0.0269. The van der Waals surface area contributed by atoms with Gasteiger partial charge in [0.15, 0.2) is 5.82 Å². The summed E-state index contributed by atoms with van der Waals surface area (Å²) in [6.07, 6.45) is 2.40. The Labute approximate surface area is 183 Å². The van der Waals surface area contributed by atoms with Crippen LogP contribution in [0.1, 0.15) is 48.0 Å². The van der Waals surface area contributed by atoms with E-state index in [0.717, 1.165) is 12.8 Å². The van der Waals surface area contributed by atoms with E-state index in [1.807, 2.05) is 4.90 Å². The molecule has 6 nitrogen and oxygen atoms in total. The molecule has 0 bridgehead atoms. The fraction of sp³-hybridized carbons (Fsp3) is 0.417. The summed E-state index contributed by atoms with van der Waals surface area (Å²) in [4.78, 5) is 29.5. The standard InChI is InChI=1S/C24H26F2N4O2/c1-12-18-21(30(15-7-8-15)24(32)28-23(18)31)13(2)22(19(12)26)29-10-9-14(11-29)20(27)16-5-3-4-6-17(16)25/h3-6,14-15,20H,7-11,27H2,1-2H3,(H,28,31,32). The number of fused-ring (bicyclic) bond motifs is 1. The van der Waals surface area contributed by atoms with Crippen LogP contribution in [-0.4, -0.2) is 22.6 Å². The van der Waals surface area contributed by atoms with Gasteiger partial charge in [-0.05, 0) is 45.1 Å². The van der Waals surface area contributed by atoms with Gasteiger partial charge in [-0.2, -0.15) is 0 Å². The number of nitrogens with one attached hydrogen (secondary N) is 1.